The van der Waals surface area contributed by atoms with E-state index in [2.05, 4.69) is 58.7 Å². The van der Waals surface area contributed by atoms with Crippen LogP contribution in [0.25, 0.3) is 0 Å². The lowest BCUT2D eigenvalue weighted by molar-refractivity contribution is -0.0597. The van der Waals surface area contributed by atoms with Crippen molar-refractivity contribution in [3.8, 4) is 0 Å². The SMILES string of the molecule is CCC(C)(CC)C1CCC(N(C)N(C)C(C)C)CC1. The molecule has 19 heavy (non-hydrogen) atoms. The van der Waals surface area contributed by atoms with Crippen LogP contribution in [0.2, 0.25) is 0 Å². The van der Waals surface area contributed by atoms with Gasteiger partial charge in [0.2, 0.25) is 0 Å². The zero-order valence-electron chi connectivity index (χ0n) is 14.4. The van der Waals surface area contributed by atoms with Gasteiger partial charge in [-0.05, 0) is 50.9 Å². The van der Waals surface area contributed by atoms with Crippen LogP contribution in [0.4, 0.5) is 0 Å². The van der Waals surface area contributed by atoms with Crippen LogP contribution in [0.1, 0.15) is 73.1 Å². The molecule has 0 atom stereocenters. The molecule has 0 unspecified atom stereocenters. The smallest absolute Gasteiger partial charge is 0.0243 e. The minimum Gasteiger partial charge on any atom is -0.242 e. The topological polar surface area (TPSA) is 6.48 Å². The lowest BCUT2D eigenvalue weighted by atomic mass is 9.66. The fraction of sp³-hybridized carbons (Fsp3) is 1.00. The molecule has 0 saturated heterocycles. The summed E-state index contributed by atoms with van der Waals surface area (Å²) in [5.41, 5.74) is 0.577. The summed E-state index contributed by atoms with van der Waals surface area (Å²) in [7, 11) is 4.49. The standard InChI is InChI=1S/C17H36N2/c1-8-17(5,9-2)15-10-12-16(13-11-15)19(7)18(6)14(3)4/h14-16H,8-13H2,1-7H3. The van der Waals surface area contributed by atoms with Gasteiger partial charge >= 0.3 is 0 Å². The first-order chi connectivity index (χ1) is 8.85. The van der Waals surface area contributed by atoms with Gasteiger partial charge in [0, 0.05) is 26.2 Å². The second-order valence-electron chi connectivity index (χ2n) is 7.11. The van der Waals surface area contributed by atoms with Crippen molar-refractivity contribution in [2.75, 3.05) is 14.1 Å². The Morgan fingerprint density at radius 3 is 1.84 bits per heavy atom. The molecule has 0 aromatic carbocycles. The van der Waals surface area contributed by atoms with E-state index in [-0.39, 0.29) is 0 Å². The molecule has 1 fully saturated rings. The minimum atomic E-state index is 0.577. The molecule has 0 N–H and O–H groups in total. The highest BCUT2D eigenvalue weighted by molar-refractivity contribution is 4.86. The van der Waals surface area contributed by atoms with Crippen LogP contribution >= 0.6 is 0 Å². The Morgan fingerprint density at radius 2 is 1.47 bits per heavy atom. The van der Waals surface area contributed by atoms with E-state index in [1.807, 2.05) is 0 Å². The summed E-state index contributed by atoms with van der Waals surface area (Å²) in [6.07, 6.45) is 8.24. The Morgan fingerprint density at radius 1 is 1.00 bits per heavy atom. The number of rotatable bonds is 6. The number of hydrogen-bond donors (Lipinski definition) is 0. The summed E-state index contributed by atoms with van der Waals surface area (Å²) in [5.74, 6) is 0.941. The average molecular weight is 268 g/mol. The first-order valence-corrected chi connectivity index (χ1v) is 8.31. The lowest BCUT2D eigenvalue weighted by Crippen LogP contribution is -2.49. The van der Waals surface area contributed by atoms with Gasteiger partial charge in [0.25, 0.3) is 0 Å². The van der Waals surface area contributed by atoms with Gasteiger partial charge in [-0.2, -0.15) is 0 Å². The van der Waals surface area contributed by atoms with Gasteiger partial charge in [0.15, 0.2) is 0 Å². The maximum absolute atomic E-state index is 2.50. The van der Waals surface area contributed by atoms with Crippen molar-refractivity contribution in [2.24, 2.45) is 11.3 Å². The van der Waals surface area contributed by atoms with E-state index >= 15 is 0 Å². The minimum absolute atomic E-state index is 0.577. The Kier molecular flexibility index (Phi) is 6.32. The van der Waals surface area contributed by atoms with Crippen molar-refractivity contribution in [1.82, 2.24) is 10.0 Å². The monoisotopic (exact) mass is 268 g/mol. The molecular formula is C17H36N2. The highest BCUT2D eigenvalue weighted by Gasteiger charge is 2.35. The molecule has 114 valence electrons. The molecule has 2 heteroatoms. The third-order valence-corrected chi connectivity index (χ3v) is 6.07. The first kappa shape index (κ1) is 17.0. The van der Waals surface area contributed by atoms with Crippen LogP contribution in [-0.4, -0.2) is 36.2 Å². The highest BCUT2D eigenvalue weighted by Crippen LogP contribution is 2.43. The van der Waals surface area contributed by atoms with E-state index in [1.54, 1.807) is 0 Å². The van der Waals surface area contributed by atoms with Gasteiger partial charge in [-0.1, -0.05) is 33.6 Å². The van der Waals surface area contributed by atoms with Crippen molar-refractivity contribution in [2.45, 2.75) is 85.2 Å². The molecule has 1 aliphatic carbocycles. The van der Waals surface area contributed by atoms with E-state index in [9.17, 15) is 0 Å². The van der Waals surface area contributed by atoms with Crippen LogP contribution in [-0.2, 0) is 0 Å². The number of hydrazine groups is 1. The first-order valence-electron chi connectivity index (χ1n) is 8.31. The molecule has 1 saturated carbocycles. The van der Waals surface area contributed by atoms with Crippen molar-refractivity contribution in [3.05, 3.63) is 0 Å². The Balaban J connectivity index is 2.53. The van der Waals surface area contributed by atoms with Crippen LogP contribution in [0.3, 0.4) is 0 Å². The van der Waals surface area contributed by atoms with Gasteiger partial charge in [-0.15, -0.1) is 0 Å². The molecule has 0 aromatic rings. The van der Waals surface area contributed by atoms with Gasteiger partial charge in [-0.3, -0.25) is 0 Å². The fourth-order valence-corrected chi connectivity index (χ4v) is 3.60. The van der Waals surface area contributed by atoms with E-state index in [0.717, 1.165) is 12.0 Å². The fourth-order valence-electron chi connectivity index (χ4n) is 3.60. The van der Waals surface area contributed by atoms with Crippen LogP contribution in [0.15, 0.2) is 0 Å². The summed E-state index contributed by atoms with van der Waals surface area (Å²) in [6, 6.07) is 1.35. The Labute approximate surface area is 121 Å². The van der Waals surface area contributed by atoms with Crippen molar-refractivity contribution in [1.29, 1.82) is 0 Å². The van der Waals surface area contributed by atoms with Gasteiger partial charge in [0.05, 0.1) is 0 Å². The van der Waals surface area contributed by atoms with Gasteiger partial charge < -0.3 is 0 Å². The van der Waals surface area contributed by atoms with Crippen molar-refractivity contribution >= 4 is 0 Å². The molecule has 0 aromatic heterocycles. The maximum Gasteiger partial charge on any atom is 0.0243 e. The number of hydrogen-bond acceptors (Lipinski definition) is 2. The second kappa shape index (κ2) is 7.08. The van der Waals surface area contributed by atoms with Gasteiger partial charge in [-0.25, -0.2) is 10.0 Å². The molecular weight excluding hydrogens is 232 g/mol. The molecule has 0 amide bonds. The largest absolute Gasteiger partial charge is 0.242 e. The molecule has 0 heterocycles. The van der Waals surface area contributed by atoms with E-state index in [4.69, 9.17) is 0 Å². The predicted octanol–water partition coefficient (Wildman–Crippen LogP) is 4.56. The molecule has 0 radical (unpaired) electrons. The Hall–Kier alpha value is -0.0800. The third-order valence-electron chi connectivity index (χ3n) is 6.07. The second-order valence-corrected chi connectivity index (χ2v) is 7.11. The molecule has 0 spiro atoms. The highest BCUT2D eigenvalue weighted by atomic mass is 15.6. The van der Waals surface area contributed by atoms with Crippen LogP contribution in [0.5, 0.6) is 0 Å². The maximum atomic E-state index is 2.50. The van der Waals surface area contributed by atoms with E-state index in [1.165, 1.54) is 38.5 Å². The molecule has 0 aliphatic heterocycles. The Bertz CT molecular complexity index is 250. The average Bonchev–Trinajstić information content (AvgIpc) is 2.44. The lowest BCUT2D eigenvalue weighted by Gasteiger charge is -2.45. The summed E-state index contributed by atoms with van der Waals surface area (Å²) >= 11 is 0. The summed E-state index contributed by atoms with van der Waals surface area (Å²) in [6.45, 7) is 11.8. The normalized spacial score (nSPS) is 25.6. The molecule has 1 rings (SSSR count). The summed E-state index contributed by atoms with van der Waals surface area (Å²) in [4.78, 5) is 0. The number of nitrogens with zero attached hydrogens (tertiary/aromatic N) is 2. The van der Waals surface area contributed by atoms with Crippen LogP contribution in [0, 0.1) is 11.3 Å². The van der Waals surface area contributed by atoms with Crippen molar-refractivity contribution in [3.63, 3.8) is 0 Å². The zero-order valence-corrected chi connectivity index (χ0v) is 14.4. The van der Waals surface area contributed by atoms with Gasteiger partial charge in [0.1, 0.15) is 0 Å². The van der Waals surface area contributed by atoms with E-state index in [0.29, 0.717) is 11.5 Å². The van der Waals surface area contributed by atoms with Crippen LogP contribution < -0.4 is 0 Å². The molecule has 1 aliphatic rings. The zero-order chi connectivity index (χ0) is 14.6. The van der Waals surface area contributed by atoms with E-state index < -0.39 is 0 Å². The molecule has 0 bridgehead atoms. The van der Waals surface area contributed by atoms with Crippen molar-refractivity contribution < 1.29 is 0 Å². The third kappa shape index (κ3) is 3.95. The summed E-state index contributed by atoms with van der Waals surface area (Å²) < 4.78 is 0. The summed E-state index contributed by atoms with van der Waals surface area (Å²) in [5, 5.41) is 4.87. The predicted molar refractivity (Wildman–Crippen MR) is 85.1 cm³/mol. The molecule has 2 nitrogen and oxygen atoms in total. The quantitative estimate of drug-likeness (QED) is 0.652.